The summed E-state index contributed by atoms with van der Waals surface area (Å²) in [5, 5.41) is 14.0. The smallest absolute Gasteiger partial charge is 0.338 e. The zero-order chi connectivity index (χ0) is 13.7. The molecule has 18 heavy (non-hydrogen) atoms. The molecule has 1 aromatic rings. The van der Waals surface area contributed by atoms with Crippen molar-refractivity contribution in [3.05, 3.63) is 33.4 Å². The Morgan fingerprint density at radius 2 is 2.17 bits per heavy atom. The quantitative estimate of drug-likeness (QED) is 0.494. The van der Waals surface area contributed by atoms with Crippen LogP contribution in [0.1, 0.15) is 29.3 Å². The number of nitrogens with one attached hydrogen (secondary N) is 1. The monoisotopic (exact) mass is 252 g/mol. The number of carbonyl (C=O) groups is 1. The van der Waals surface area contributed by atoms with Gasteiger partial charge in [0.2, 0.25) is 0 Å². The number of ether oxygens (including phenoxy) is 1. The van der Waals surface area contributed by atoms with Crippen LogP contribution in [-0.4, -0.2) is 24.5 Å². The van der Waals surface area contributed by atoms with Gasteiger partial charge in [-0.15, -0.1) is 0 Å². The second kappa shape index (κ2) is 6.00. The summed E-state index contributed by atoms with van der Waals surface area (Å²) in [7, 11) is 1.24. The molecule has 0 aliphatic carbocycles. The van der Waals surface area contributed by atoms with Gasteiger partial charge in [0, 0.05) is 12.6 Å². The van der Waals surface area contributed by atoms with Crippen LogP contribution >= 0.6 is 0 Å². The summed E-state index contributed by atoms with van der Waals surface area (Å²) in [6.07, 6.45) is 0.856. The van der Waals surface area contributed by atoms with Crippen molar-refractivity contribution in [2.75, 3.05) is 19.0 Å². The number of benzene rings is 1. The predicted octanol–water partition coefficient (Wildman–Crippen LogP) is 2.51. The van der Waals surface area contributed by atoms with E-state index in [1.807, 2.05) is 6.92 Å². The first-order valence-electron chi connectivity index (χ1n) is 5.62. The molecule has 1 rings (SSSR count). The Hall–Kier alpha value is -2.11. The first-order valence-corrected chi connectivity index (χ1v) is 5.62. The summed E-state index contributed by atoms with van der Waals surface area (Å²) in [5.74, 6) is -0.580. The minimum Gasteiger partial charge on any atom is -0.465 e. The molecule has 1 aromatic carbocycles. The van der Waals surface area contributed by atoms with E-state index in [0.29, 0.717) is 17.8 Å². The maximum absolute atomic E-state index is 11.4. The van der Waals surface area contributed by atoms with Crippen LogP contribution in [0.15, 0.2) is 12.1 Å². The molecule has 0 bridgehead atoms. The number of nitro benzene ring substituents is 1. The molecule has 0 atom stereocenters. The number of nitrogens with zero attached hydrogens (tertiary/aromatic N) is 1. The molecule has 0 aromatic heterocycles. The van der Waals surface area contributed by atoms with Crippen molar-refractivity contribution in [3.63, 3.8) is 0 Å². The number of hydrogen-bond donors (Lipinski definition) is 1. The predicted molar refractivity (Wildman–Crippen MR) is 68.0 cm³/mol. The normalized spacial score (nSPS) is 9.94. The van der Waals surface area contributed by atoms with Crippen molar-refractivity contribution >= 4 is 17.3 Å². The number of nitro groups is 1. The first kappa shape index (κ1) is 14.0. The van der Waals surface area contributed by atoms with E-state index in [1.54, 1.807) is 13.0 Å². The largest absolute Gasteiger partial charge is 0.465 e. The molecule has 6 nitrogen and oxygen atoms in total. The van der Waals surface area contributed by atoms with Crippen molar-refractivity contribution in [1.29, 1.82) is 0 Å². The van der Waals surface area contributed by atoms with E-state index in [2.05, 4.69) is 10.1 Å². The van der Waals surface area contributed by atoms with Gasteiger partial charge in [-0.2, -0.15) is 0 Å². The molecular weight excluding hydrogens is 236 g/mol. The SMILES string of the molecule is CCCNc1c(C)cc(C(=O)OC)cc1[N+](=O)[O-]. The molecule has 98 valence electrons. The van der Waals surface area contributed by atoms with Crippen molar-refractivity contribution in [1.82, 2.24) is 0 Å². The maximum Gasteiger partial charge on any atom is 0.338 e. The molecule has 0 unspecified atom stereocenters. The number of aryl methyl sites for hydroxylation is 1. The summed E-state index contributed by atoms with van der Waals surface area (Å²) >= 11 is 0. The van der Waals surface area contributed by atoms with Crippen LogP contribution in [0.5, 0.6) is 0 Å². The number of anilines is 1. The third kappa shape index (κ3) is 2.97. The zero-order valence-corrected chi connectivity index (χ0v) is 10.6. The number of methoxy groups -OCH3 is 1. The van der Waals surface area contributed by atoms with Gasteiger partial charge in [-0.1, -0.05) is 6.92 Å². The van der Waals surface area contributed by atoms with Gasteiger partial charge in [-0.3, -0.25) is 10.1 Å². The van der Waals surface area contributed by atoms with E-state index in [9.17, 15) is 14.9 Å². The highest BCUT2D eigenvalue weighted by Crippen LogP contribution is 2.30. The average Bonchev–Trinajstić information content (AvgIpc) is 2.35. The van der Waals surface area contributed by atoms with Crippen LogP contribution < -0.4 is 5.32 Å². The van der Waals surface area contributed by atoms with Crippen molar-refractivity contribution in [2.45, 2.75) is 20.3 Å². The Kier molecular flexibility index (Phi) is 4.65. The second-order valence-corrected chi connectivity index (χ2v) is 3.86. The van der Waals surface area contributed by atoms with Crippen LogP contribution in [0, 0.1) is 17.0 Å². The van der Waals surface area contributed by atoms with E-state index in [-0.39, 0.29) is 11.3 Å². The fourth-order valence-corrected chi connectivity index (χ4v) is 1.63. The van der Waals surface area contributed by atoms with Crippen LogP contribution in [0.3, 0.4) is 0 Å². The van der Waals surface area contributed by atoms with E-state index >= 15 is 0 Å². The fourth-order valence-electron chi connectivity index (χ4n) is 1.63. The molecule has 0 spiro atoms. The van der Waals surface area contributed by atoms with Crippen molar-refractivity contribution < 1.29 is 14.5 Å². The molecule has 0 fully saturated rings. The summed E-state index contributed by atoms with van der Waals surface area (Å²) in [6.45, 7) is 4.33. The molecule has 6 heteroatoms. The molecule has 0 amide bonds. The molecule has 0 aliphatic heterocycles. The highest BCUT2D eigenvalue weighted by molar-refractivity contribution is 5.92. The third-order valence-corrected chi connectivity index (χ3v) is 2.48. The Labute approximate surface area is 105 Å². The van der Waals surface area contributed by atoms with E-state index in [1.165, 1.54) is 13.2 Å². The Morgan fingerprint density at radius 1 is 1.50 bits per heavy atom. The van der Waals surface area contributed by atoms with Crippen LogP contribution in [0.4, 0.5) is 11.4 Å². The van der Waals surface area contributed by atoms with Gasteiger partial charge >= 0.3 is 5.97 Å². The summed E-state index contributed by atoms with van der Waals surface area (Å²) in [5.41, 5.74) is 1.18. The lowest BCUT2D eigenvalue weighted by Gasteiger charge is -2.10. The van der Waals surface area contributed by atoms with Crippen LogP contribution in [-0.2, 0) is 4.74 Å². The molecular formula is C12H16N2O4. The Morgan fingerprint density at radius 3 is 2.67 bits per heavy atom. The summed E-state index contributed by atoms with van der Waals surface area (Å²) in [6, 6.07) is 2.81. The molecule has 0 radical (unpaired) electrons. The molecule has 0 saturated carbocycles. The van der Waals surface area contributed by atoms with Gasteiger partial charge < -0.3 is 10.1 Å². The zero-order valence-electron chi connectivity index (χ0n) is 10.6. The van der Waals surface area contributed by atoms with E-state index < -0.39 is 10.9 Å². The summed E-state index contributed by atoms with van der Waals surface area (Å²) < 4.78 is 4.57. The van der Waals surface area contributed by atoms with Gasteiger partial charge in [-0.05, 0) is 25.0 Å². The van der Waals surface area contributed by atoms with Crippen molar-refractivity contribution in [2.24, 2.45) is 0 Å². The topological polar surface area (TPSA) is 81.5 Å². The van der Waals surface area contributed by atoms with Gasteiger partial charge in [0.25, 0.3) is 5.69 Å². The first-order chi connectivity index (χ1) is 8.51. The highest BCUT2D eigenvalue weighted by atomic mass is 16.6. The lowest BCUT2D eigenvalue weighted by Crippen LogP contribution is -2.08. The number of rotatable bonds is 5. The van der Waals surface area contributed by atoms with Crippen LogP contribution in [0.2, 0.25) is 0 Å². The number of hydrogen-bond acceptors (Lipinski definition) is 5. The van der Waals surface area contributed by atoms with Crippen LogP contribution in [0.25, 0.3) is 0 Å². The average molecular weight is 252 g/mol. The van der Waals surface area contributed by atoms with E-state index in [4.69, 9.17) is 0 Å². The third-order valence-electron chi connectivity index (χ3n) is 2.48. The highest BCUT2D eigenvalue weighted by Gasteiger charge is 2.20. The molecule has 1 N–H and O–H groups in total. The second-order valence-electron chi connectivity index (χ2n) is 3.86. The number of esters is 1. The van der Waals surface area contributed by atoms with E-state index in [0.717, 1.165) is 6.42 Å². The lowest BCUT2D eigenvalue weighted by molar-refractivity contribution is -0.384. The molecule has 0 aliphatic rings. The minimum atomic E-state index is -0.580. The molecule has 0 heterocycles. The van der Waals surface area contributed by atoms with Gasteiger partial charge in [-0.25, -0.2) is 4.79 Å². The Bertz CT molecular complexity index is 471. The maximum atomic E-state index is 11.4. The fraction of sp³-hybridized carbons (Fsp3) is 0.417. The van der Waals surface area contributed by atoms with Crippen molar-refractivity contribution in [3.8, 4) is 0 Å². The lowest BCUT2D eigenvalue weighted by atomic mass is 10.1. The summed E-state index contributed by atoms with van der Waals surface area (Å²) in [4.78, 5) is 21.9. The van der Waals surface area contributed by atoms with Gasteiger partial charge in [0.05, 0.1) is 17.6 Å². The van der Waals surface area contributed by atoms with Gasteiger partial charge in [0.15, 0.2) is 0 Å². The number of carbonyl (C=O) groups excluding carboxylic acids is 1. The van der Waals surface area contributed by atoms with Gasteiger partial charge in [0.1, 0.15) is 5.69 Å². The minimum absolute atomic E-state index is 0.108. The standard InChI is InChI=1S/C12H16N2O4/c1-4-5-13-11-8(2)6-9(12(15)18-3)7-10(11)14(16)17/h6-7,13H,4-5H2,1-3H3. The molecule has 0 saturated heterocycles. The Balaban J connectivity index is 3.26.